The molecular formula is C13H17N3O. The Labute approximate surface area is 101 Å². The first-order valence-electron chi connectivity index (χ1n) is 5.63. The molecule has 4 heteroatoms. The first kappa shape index (κ1) is 11.6. The molecule has 0 bridgehead atoms. The third-order valence-corrected chi connectivity index (χ3v) is 2.78. The number of hydrogen-bond donors (Lipinski definition) is 1. The molecule has 0 aliphatic carbocycles. The summed E-state index contributed by atoms with van der Waals surface area (Å²) in [5, 5.41) is 2.64. The molecule has 2 rings (SSSR count). The van der Waals surface area contributed by atoms with Gasteiger partial charge in [0.05, 0.1) is 5.56 Å². The van der Waals surface area contributed by atoms with Gasteiger partial charge in [0, 0.05) is 31.2 Å². The Balaban J connectivity index is 2.71. The minimum absolute atomic E-state index is 0.0450. The summed E-state index contributed by atoms with van der Waals surface area (Å²) in [6.45, 7) is 6.35. The van der Waals surface area contributed by atoms with Gasteiger partial charge in [0.2, 0.25) is 0 Å². The molecule has 0 unspecified atom stereocenters. The van der Waals surface area contributed by atoms with Crippen LogP contribution in [0.3, 0.4) is 0 Å². The van der Waals surface area contributed by atoms with Crippen LogP contribution >= 0.6 is 0 Å². The molecule has 1 amide bonds. The molecule has 0 atom stereocenters. The van der Waals surface area contributed by atoms with Crippen molar-refractivity contribution in [3.8, 4) is 0 Å². The highest BCUT2D eigenvalue weighted by molar-refractivity contribution is 5.94. The largest absolute Gasteiger partial charge is 0.355 e. The van der Waals surface area contributed by atoms with Crippen molar-refractivity contribution in [1.29, 1.82) is 0 Å². The second-order valence-electron chi connectivity index (χ2n) is 5.13. The second-order valence-corrected chi connectivity index (χ2v) is 5.13. The van der Waals surface area contributed by atoms with Gasteiger partial charge in [-0.1, -0.05) is 20.8 Å². The number of hydrogen-bond acceptors (Lipinski definition) is 2. The molecule has 0 spiro atoms. The van der Waals surface area contributed by atoms with Crippen LogP contribution < -0.4 is 5.32 Å². The maximum atomic E-state index is 11.7. The molecule has 0 aromatic carbocycles. The molecule has 90 valence electrons. The molecule has 0 radical (unpaired) electrons. The molecule has 4 nitrogen and oxygen atoms in total. The lowest BCUT2D eigenvalue weighted by Crippen LogP contribution is -2.21. The summed E-state index contributed by atoms with van der Waals surface area (Å²) in [7, 11) is 1.64. The fourth-order valence-corrected chi connectivity index (χ4v) is 1.85. The van der Waals surface area contributed by atoms with Gasteiger partial charge in [-0.05, 0) is 11.5 Å². The number of rotatable bonds is 1. The van der Waals surface area contributed by atoms with E-state index in [9.17, 15) is 4.79 Å². The molecule has 0 saturated carbocycles. The number of fused-ring (bicyclic) bond motifs is 1. The van der Waals surface area contributed by atoms with E-state index in [-0.39, 0.29) is 11.3 Å². The van der Waals surface area contributed by atoms with E-state index in [2.05, 4.69) is 31.1 Å². The second kappa shape index (κ2) is 3.87. The lowest BCUT2D eigenvalue weighted by Gasteiger charge is -2.20. The summed E-state index contributed by atoms with van der Waals surface area (Å²) >= 11 is 0. The van der Waals surface area contributed by atoms with Crippen molar-refractivity contribution in [3.63, 3.8) is 0 Å². The van der Waals surface area contributed by atoms with E-state index in [1.807, 2.05) is 16.7 Å². The zero-order chi connectivity index (χ0) is 12.6. The van der Waals surface area contributed by atoms with E-state index >= 15 is 0 Å². The number of amides is 1. The molecule has 0 aliphatic heterocycles. The van der Waals surface area contributed by atoms with E-state index in [0.29, 0.717) is 5.56 Å². The van der Waals surface area contributed by atoms with Crippen molar-refractivity contribution in [1.82, 2.24) is 14.7 Å². The molecule has 2 heterocycles. The number of nitrogens with zero attached hydrogens (tertiary/aromatic N) is 2. The topological polar surface area (TPSA) is 46.4 Å². The maximum Gasteiger partial charge on any atom is 0.252 e. The highest BCUT2D eigenvalue weighted by Gasteiger charge is 2.20. The first-order valence-corrected chi connectivity index (χ1v) is 5.63. The van der Waals surface area contributed by atoms with Gasteiger partial charge in [-0.2, -0.15) is 0 Å². The highest BCUT2D eigenvalue weighted by atomic mass is 16.1. The van der Waals surface area contributed by atoms with Crippen molar-refractivity contribution in [3.05, 3.63) is 35.8 Å². The quantitative estimate of drug-likeness (QED) is 0.815. The first-order chi connectivity index (χ1) is 7.93. The van der Waals surface area contributed by atoms with E-state index < -0.39 is 0 Å². The Morgan fingerprint density at radius 2 is 2.12 bits per heavy atom. The predicted molar refractivity (Wildman–Crippen MR) is 67.3 cm³/mol. The van der Waals surface area contributed by atoms with Crippen molar-refractivity contribution < 1.29 is 4.79 Å². The van der Waals surface area contributed by atoms with Crippen molar-refractivity contribution in [2.45, 2.75) is 26.2 Å². The van der Waals surface area contributed by atoms with Crippen molar-refractivity contribution >= 4 is 11.6 Å². The summed E-state index contributed by atoms with van der Waals surface area (Å²) in [5.74, 6) is -0.0777. The molecule has 0 fully saturated rings. The summed E-state index contributed by atoms with van der Waals surface area (Å²) in [5.41, 5.74) is 2.59. The minimum atomic E-state index is -0.0777. The van der Waals surface area contributed by atoms with Gasteiger partial charge in [-0.3, -0.25) is 4.79 Å². The zero-order valence-corrected chi connectivity index (χ0v) is 10.6. The van der Waals surface area contributed by atoms with Gasteiger partial charge in [0.25, 0.3) is 5.91 Å². The Bertz CT molecular complexity index is 564. The molecule has 17 heavy (non-hydrogen) atoms. The number of aromatic nitrogens is 2. The van der Waals surface area contributed by atoms with Crippen LogP contribution in [0, 0.1) is 0 Å². The van der Waals surface area contributed by atoms with Gasteiger partial charge in [-0.15, -0.1) is 0 Å². The van der Waals surface area contributed by atoms with Crippen LogP contribution in [0.5, 0.6) is 0 Å². The Hall–Kier alpha value is -1.84. The third-order valence-electron chi connectivity index (χ3n) is 2.78. The Morgan fingerprint density at radius 3 is 2.71 bits per heavy atom. The van der Waals surface area contributed by atoms with Crippen LogP contribution in [0.4, 0.5) is 0 Å². The molecule has 1 N–H and O–H groups in total. The van der Waals surface area contributed by atoms with Gasteiger partial charge in [0.1, 0.15) is 5.65 Å². The summed E-state index contributed by atoms with van der Waals surface area (Å²) in [6, 6.07) is 1.92. The van der Waals surface area contributed by atoms with Gasteiger partial charge in [-0.25, -0.2) is 4.98 Å². The van der Waals surface area contributed by atoms with Crippen LogP contribution in [0.1, 0.15) is 36.7 Å². The van der Waals surface area contributed by atoms with Gasteiger partial charge >= 0.3 is 0 Å². The number of nitrogens with one attached hydrogen (secondary N) is 1. The number of pyridine rings is 1. The predicted octanol–water partition coefficient (Wildman–Crippen LogP) is 1.99. The maximum absolute atomic E-state index is 11.7. The average molecular weight is 231 g/mol. The van der Waals surface area contributed by atoms with Crippen LogP contribution in [-0.2, 0) is 5.41 Å². The summed E-state index contributed by atoms with van der Waals surface area (Å²) in [4.78, 5) is 16.1. The van der Waals surface area contributed by atoms with Crippen molar-refractivity contribution in [2.24, 2.45) is 0 Å². The molecule has 2 aromatic heterocycles. The minimum Gasteiger partial charge on any atom is -0.355 e. The molecular weight excluding hydrogens is 214 g/mol. The molecule has 2 aromatic rings. The standard InChI is InChI=1S/C13H17N3O/c1-13(2,3)10-7-9(12(17)14-4)8-16-6-5-15-11(10)16/h5-8H,1-4H3,(H,14,17). The third kappa shape index (κ3) is 2.02. The SMILES string of the molecule is CNC(=O)c1cc(C(C)(C)C)c2nccn2c1. The monoisotopic (exact) mass is 231 g/mol. The van der Waals surface area contributed by atoms with Crippen LogP contribution in [0.25, 0.3) is 5.65 Å². The number of imidazole rings is 1. The van der Waals surface area contributed by atoms with Gasteiger partial charge in [0.15, 0.2) is 0 Å². The number of carbonyl (C=O) groups excluding carboxylic acids is 1. The van der Waals surface area contributed by atoms with Crippen LogP contribution in [0.15, 0.2) is 24.7 Å². The summed E-state index contributed by atoms with van der Waals surface area (Å²) < 4.78 is 1.89. The van der Waals surface area contributed by atoms with Crippen LogP contribution in [0.2, 0.25) is 0 Å². The van der Waals surface area contributed by atoms with Crippen LogP contribution in [-0.4, -0.2) is 22.3 Å². The van der Waals surface area contributed by atoms with E-state index in [1.165, 1.54) is 0 Å². The Kier molecular flexibility index (Phi) is 2.65. The Morgan fingerprint density at radius 1 is 1.41 bits per heavy atom. The number of carbonyl (C=O) groups is 1. The lowest BCUT2D eigenvalue weighted by atomic mass is 9.87. The highest BCUT2D eigenvalue weighted by Crippen LogP contribution is 2.26. The lowest BCUT2D eigenvalue weighted by molar-refractivity contribution is 0.0962. The van der Waals surface area contributed by atoms with E-state index in [0.717, 1.165) is 11.2 Å². The van der Waals surface area contributed by atoms with Crippen molar-refractivity contribution in [2.75, 3.05) is 7.05 Å². The molecule has 0 saturated heterocycles. The van der Waals surface area contributed by atoms with Gasteiger partial charge < -0.3 is 9.72 Å². The zero-order valence-electron chi connectivity index (χ0n) is 10.6. The average Bonchev–Trinajstić information content (AvgIpc) is 2.72. The fourth-order valence-electron chi connectivity index (χ4n) is 1.85. The van der Waals surface area contributed by atoms with E-state index in [4.69, 9.17) is 0 Å². The fraction of sp³-hybridized carbons (Fsp3) is 0.385. The summed E-state index contributed by atoms with van der Waals surface area (Å²) in [6.07, 6.45) is 5.41. The smallest absolute Gasteiger partial charge is 0.252 e. The van der Waals surface area contributed by atoms with E-state index in [1.54, 1.807) is 19.4 Å². The molecule has 0 aliphatic rings. The normalized spacial score (nSPS) is 11.8.